The maximum absolute atomic E-state index is 2.58. The molecule has 69 heavy (non-hydrogen) atoms. The fourth-order valence-electron chi connectivity index (χ4n) is 14.5. The first-order chi connectivity index (χ1) is 33.5. The number of hydrogen-bond donors (Lipinski definition) is 0. The number of rotatable bonds is 3. The number of hydrogen-bond acceptors (Lipinski definition) is 1. The van der Waals surface area contributed by atoms with Crippen molar-refractivity contribution in [2.75, 3.05) is 4.90 Å². The van der Waals surface area contributed by atoms with Crippen molar-refractivity contribution in [1.82, 2.24) is 0 Å². The molecule has 0 heterocycles. The average Bonchev–Trinajstić information content (AvgIpc) is 4.06. The third-order valence-corrected chi connectivity index (χ3v) is 17.6. The molecule has 0 saturated heterocycles. The number of anilines is 3. The van der Waals surface area contributed by atoms with Crippen LogP contribution in [0.2, 0.25) is 0 Å². The number of benzene rings is 10. The van der Waals surface area contributed by atoms with E-state index < -0.39 is 5.41 Å². The molecule has 0 aliphatic heterocycles. The van der Waals surface area contributed by atoms with Gasteiger partial charge in [-0.1, -0.05) is 193 Å². The third-order valence-electron chi connectivity index (χ3n) is 17.6. The second-order valence-electron chi connectivity index (χ2n) is 22.0. The molecule has 0 aromatic heterocycles. The summed E-state index contributed by atoms with van der Waals surface area (Å²) in [7, 11) is 0. The second kappa shape index (κ2) is 13.1. The van der Waals surface area contributed by atoms with Gasteiger partial charge in [0, 0.05) is 33.3 Å². The van der Waals surface area contributed by atoms with Gasteiger partial charge in [0.25, 0.3) is 0 Å². The highest BCUT2D eigenvalue weighted by Gasteiger charge is 2.54. The van der Waals surface area contributed by atoms with Gasteiger partial charge in [0.15, 0.2) is 0 Å². The summed E-state index contributed by atoms with van der Waals surface area (Å²) >= 11 is 0. The lowest BCUT2D eigenvalue weighted by molar-refractivity contribution is 0.660. The van der Waals surface area contributed by atoms with Crippen molar-refractivity contribution in [1.29, 1.82) is 0 Å². The van der Waals surface area contributed by atoms with Crippen LogP contribution in [0.5, 0.6) is 0 Å². The molecule has 0 atom stereocenters. The summed E-state index contributed by atoms with van der Waals surface area (Å²) in [5, 5.41) is 2.58. The summed E-state index contributed by atoms with van der Waals surface area (Å²) in [6.45, 7) is 14.5. The highest BCUT2D eigenvalue weighted by molar-refractivity contribution is 6.02. The Labute approximate surface area is 405 Å². The Balaban J connectivity index is 1.01. The van der Waals surface area contributed by atoms with Crippen LogP contribution in [-0.4, -0.2) is 0 Å². The van der Waals surface area contributed by atoms with Gasteiger partial charge in [0.1, 0.15) is 0 Å². The summed E-state index contributed by atoms with van der Waals surface area (Å²) in [6, 6.07) is 77.3. The molecule has 1 heteroatoms. The minimum atomic E-state index is -0.510. The van der Waals surface area contributed by atoms with E-state index in [0.29, 0.717) is 0 Å². The predicted octanol–water partition coefficient (Wildman–Crippen LogP) is 17.6. The van der Waals surface area contributed by atoms with Crippen LogP contribution in [0.4, 0.5) is 17.1 Å². The zero-order valence-corrected chi connectivity index (χ0v) is 40.0. The normalized spacial score (nSPS) is 16.4. The fourth-order valence-corrected chi connectivity index (χ4v) is 14.5. The van der Waals surface area contributed by atoms with E-state index in [1.54, 1.807) is 0 Å². The molecule has 10 aromatic carbocycles. The smallest absolute Gasteiger partial charge is 0.0726 e. The van der Waals surface area contributed by atoms with Crippen molar-refractivity contribution in [2.45, 2.75) is 63.2 Å². The van der Waals surface area contributed by atoms with Crippen LogP contribution < -0.4 is 4.90 Å². The van der Waals surface area contributed by atoms with Crippen LogP contribution >= 0.6 is 0 Å². The van der Waals surface area contributed by atoms with Gasteiger partial charge in [-0.3, -0.25) is 0 Å². The van der Waals surface area contributed by atoms with Gasteiger partial charge in [0.05, 0.1) is 5.41 Å². The molecule has 0 fully saturated rings. The van der Waals surface area contributed by atoms with E-state index in [0.717, 1.165) is 11.4 Å². The maximum atomic E-state index is 2.58. The molecular formula is C68H51N. The van der Waals surface area contributed by atoms with Crippen molar-refractivity contribution >= 4 is 27.8 Å². The van der Waals surface area contributed by atoms with Gasteiger partial charge >= 0.3 is 0 Å². The predicted molar refractivity (Wildman–Crippen MR) is 288 cm³/mol. The molecule has 1 spiro atoms. The van der Waals surface area contributed by atoms with Gasteiger partial charge in [0.2, 0.25) is 0 Å². The summed E-state index contributed by atoms with van der Waals surface area (Å²) in [5.41, 5.74) is 29.8. The molecule has 328 valence electrons. The third kappa shape index (κ3) is 4.76. The Morgan fingerprint density at radius 1 is 0.261 bits per heavy atom. The zero-order chi connectivity index (χ0) is 46.3. The van der Waals surface area contributed by atoms with Crippen LogP contribution in [0.25, 0.3) is 66.4 Å². The Morgan fingerprint density at radius 3 is 1.33 bits per heavy atom. The van der Waals surface area contributed by atoms with Crippen LogP contribution in [0.3, 0.4) is 0 Å². The van der Waals surface area contributed by atoms with Crippen molar-refractivity contribution in [2.24, 2.45) is 0 Å². The molecule has 0 amide bonds. The Morgan fingerprint density at radius 2 is 0.667 bits per heavy atom. The quantitative estimate of drug-likeness (QED) is 0.171. The summed E-state index contributed by atoms with van der Waals surface area (Å²) in [4.78, 5) is 2.57. The molecule has 5 aliphatic rings. The summed E-state index contributed by atoms with van der Waals surface area (Å²) in [5.74, 6) is 0. The number of fused-ring (bicyclic) bond motifs is 21. The molecule has 1 nitrogen and oxygen atoms in total. The Kier molecular flexibility index (Phi) is 7.44. The lowest BCUT2D eigenvalue weighted by atomic mass is 9.69. The Bertz CT molecular complexity index is 3900. The molecule has 0 bridgehead atoms. The zero-order valence-electron chi connectivity index (χ0n) is 40.0. The first kappa shape index (κ1) is 39.3. The van der Waals surface area contributed by atoms with E-state index >= 15 is 0 Å². The minimum absolute atomic E-state index is 0.0924. The van der Waals surface area contributed by atoms with Crippen LogP contribution in [0, 0.1) is 0 Å². The van der Waals surface area contributed by atoms with E-state index in [1.807, 2.05) is 0 Å². The maximum Gasteiger partial charge on any atom is 0.0726 e. The van der Waals surface area contributed by atoms with Crippen LogP contribution in [0.15, 0.2) is 200 Å². The van der Waals surface area contributed by atoms with Gasteiger partial charge in [-0.2, -0.15) is 0 Å². The molecule has 0 N–H and O–H groups in total. The fraction of sp³-hybridized carbons (Fsp3) is 0.147. The van der Waals surface area contributed by atoms with Crippen LogP contribution in [-0.2, 0) is 21.7 Å². The van der Waals surface area contributed by atoms with Crippen molar-refractivity contribution < 1.29 is 0 Å². The monoisotopic (exact) mass is 881 g/mol. The number of nitrogens with zero attached hydrogens (tertiary/aromatic N) is 1. The van der Waals surface area contributed by atoms with Crippen LogP contribution in [0.1, 0.15) is 97.2 Å². The first-order valence-corrected chi connectivity index (χ1v) is 24.8. The molecular weight excluding hydrogens is 831 g/mol. The highest BCUT2D eigenvalue weighted by Crippen LogP contribution is 2.67. The molecule has 0 unspecified atom stereocenters. The average molecular weight is 882 g/mol. The second-order valence-corrected chi connectivity index (χ2v) is 22.0. The van der Waals surface area contributed by atoms with E-state index in [1.165, 1.54) is 128 Å². The summed E-state index contributed by atoms with van der Waals surface area (Å²) in [6.07, 6.45) is 0. The highest BCUT2D eigenvalue weighted by atomic mass is 15.1. The minimum Gasteiger partial charge on any atom is -0.310 e. The van der Waals surface area contributed by atoms with E-state index in [4.69, 9.17) is 0 Å². The first-order valence-electron chi connectivity index (χ1n) is 24.8. The molecule has 5 aliphatic carbocycles. The Hall–Kier alpha value is -7.74. The van der Waals surface area contributed by atoms with Gasteiger partial charge < -0.3 is 4.90 Å². The van der Waals surface area contributed by atoms with Gasteiger partial charge in [-0.15, -0.1) is 0 Å². The molecule has 0 saturated carbocycles. The van der Waals surface area contributed by atoms with Crippen molar-refractivity contribution in [3.05, 3.63) is 256 Å². The van der Waals surface area contributed by atoms with Gasteiger partial charge in [-0.25, -0.2) is 0 Å². The topological polar surface area (TPSA) is 3.24 Å². The lowest BCUT2D eigenvalue weighted by Crippen LogP contribution is -2.26. The molecule has 15 rings (SSSR count). The largest absolute Gasteiger partial charge is 0.310 e. The molecule has 0 radical (unpaired) electrons. The van der Waals surface area contributed by atoms with E-state index in [-0.39, 0.29) is 16.2 Å². The standard InChI is InChI=1S/C68H51N/c1-65(2)54-23-13-10-22-48(54)53-37-42(29-33-56(53)65)69(43-27-30-49-52-35-40-17-7-8-18-41(40)36-60(52)66(3,4)61(49)38-43)44-28-31-51-62(39-44)68(57-25-15-11-19-45(57)46-20-12-16-26-58(46)68)59-34-32-50-47-21-9-14-24-55(47)67(5,6)64(50)63(51)59/h7-39H,1-6H3. The summed E-state index contributed by atoms with van der Waals surface area (Å²) < 4.78 is 0. The van der Waals surface area contributed by atoms with Gasteiger partial charge in [-0.05, 0) is 171 Å². The van der Waals surface area contributed by atoms with Crippen molar-refractivity contribution in [3.8, 4) is 55.6 Å². The van der Waals surface area contributed by atoms with E-state index in [2.05, 4.69) is 247 Å². The SMILES string of the molecule is CC1(C)c2ccccc2-c2cc(N(c3ccc4c(c3)C(C)(C)c3cc5ccccc5cc3-4)c3ccc4c(c3)C3(c5ccccc5-c5ccccc53)c3ccc5c(c3-4)C(C)(C)c3ccccc3-5)ccc21. The van der Waals surface area contributed by atoms with Crippen molar-refractivity contribution in [3.63, 3.8) is 0 Å². The lowest BCUT2D eigenvalue weighted by Gasteiger charge is -2.33. The van der Waals surface area contributed by atoms with E-state index in [9.17, 15) is 0 Å². The molecule has 10 aromatic rings.